The summed E-state index contributed by atoms with van der Waals surface area (Å²) in [6.45, 7) is 1.44. The van der Waals surface area contributed by atoms with Gasteiger partial charge in [0.05, 0.1) is 6.21 Å². The van der Waals surface area contributed by atoms with Gasteiger partial charge >= 0.3 is 0 Å². The first-order valence-corrected chi connectivity index (χ1v) is 7.81. The maximum Gasteiger partial charge on any atom is 0.200 e. The van der Waals surface area contributed by atoms with Crippen LogP contribution in [0.2, 0.25) is 0 Å². The first-order valence-electron chi connectivity index (χ1n) is 7.81. The van der Waals surface area contributed by atoms with Gasteiger partial charge in [0.1, 0.15) is 17.2 Å². The molecule has 1 N–H and O–H groups in total. The van der Waals surface area contributed by atoms with Gasteiger partial charge in [-0.25, -0.2) is 22.0 Å². The van der Waals surface area contributed by atoms with Gasteiger partial charge in [-0.15, -0.1) is 0 Å². The minimum atomic E-state index is -2.25. The number of carbonyl (C=O) groups excluding carboxylic acids is 1. The number of carbonyl (C=O) groups is 1. The highest BCUT2D eigenvalue weighted by molar-refractivity contribution is 5.94. The highest BCUT2D eigenvalue weighted by Gasteiger charge is 2.25. The van der Waals surface area contributed by atoms with Crippen LogP contribution in [0.1, 0.15) is 23.0 Å². The van der Waals surface area contributed by atoms with E-state index in [1.165, 1.54) is 13.0 Å². The Kier molecular flexibility index (Phi) is 5.25. The Morgan fingerprint density at radius 1 is 0.893 bits per heavy atom. The summed E-state index contributed by atoms with van der Waals surface area (Å²) in [5, 5.41) is 3.44. The third-order valence-electron chi connectivity index (χ3n) is 3.78. The Morgan fingerprint density at radius 3 is 2.04 bits per heavy atom. The molecule has 0 radical (unpaired) electrons. The van der Waals surface area contributed by atoms with Gasteiger partial charge in [0.15, 0.2) is 29.1 Å². The van der Waals surface area contributed by atoms with E-state index in [2.05, 4.69) is 5.10 Å². The van der Waals surface area contributed by atoms with Crippen LogP contribution in [0.25, 0.3) is 11.3 Å². The van der Waals surface area contributed by atoms with Gasteiger partial charge < -0.3 is 4.42 Å². The van der Waals surface area contributed by atoms with Crippen molar-refractivity contribution in [1.29, 1.82) is 0 Å². The second-order valence-corrected chi connectivity index (χ2v) is 5.65. The lowest BCUT2D eigenvalue weighted by molar-refractivity contribution is 0.101. The number of hydrazone groups is 1. The van der Waals surface area contributed by atoms with Crippen LogP contribution in [-0.4, -0.2) is 12.0 Å². The Balaban J connectivity index is 1.77. The van der Waals surface area contributed by atoms with E-state index in [0.29, 0.717) is 16.9 Å². The number of rotatable bonds is 5. The van der Waals surface area contributed by atoms with Crippen molar-refractivity contribution in [2.75, 3.05) is 5.43 Å². The van der Waals surface area contributed by atoms with Crippen LogP contribution in [0.4, 0.5) is 27.6 Å². The molecule has 144 valence electrons. The van der Waals surface area contributed by atoms with Gasteiger partial charge in [-0.2, -0.15) is 5.10 Å². The average Bonchev–Trinajstić information content (AvgIpc) is 3.16. The summed E-state index contributed by atoms with van der Waals surface area (Å²) in [7, 11) is 0. The van der Waals surface area contributed by atoms with Gasteiger partial charge in [0.25, 0.3) is 0 Å². The number of nitrogens with one attached hydrogen (secondary N) is 1. The molecule has 0 saturated heterocycles. The molecule has 0 unspecified atom stereocenters. The Hall–Kier alpha value is -3.49. The molecule has 2 aromatic carbocycles. The molecule has 0 aliphatic heterocycles. The fourth-order valence-electron chi connectivity index (χ4n) is 2.31. The predicted octanol–water partition coefficient (Wildman–Crippen LogP) is 5.29. The second kappa shape index (κ2) is 7.63. The molecular formula is C19H11F5N2O2. The Labute approximate surface area is 155 Å². The van der Waals surface area contributed by atoms with Crippen molar-refractivity contribution in [2.45, 2.75) is 6.92 Å². The normalized spacial score (nSPS) is 11.2. The zero-order valence-corrected chi connectivity index (χ0v) is 14.2. The van der Waals surface area contributed by atoms with Gasteiger partial charge in [-0.3, -0.25) is 10.2 Å². The molecule has 0 spiro atoms. The smallest absolute Gasteiger partial charge is 0.200 e. The van der Waals surface area contributed by atoms with Gasteiger partial charge in [-0.1, -0.05) is 24.3 Å². The van der Waals surface area contributed by atoms with Crippen LogP contribution in [0.3, 0.4) is 0 Å². The molecule has 1 aromatic heterocycles. The van der Waals surface area contributed by atoms with E-state index in [1.54, 1.807) is 35.8 Å². The lowest BCUT2D eigenvalue weighted by Crippen LogP contribution is -2.06. The molecule has 0 aliphatic carbocycles. The van der Waals surface area contributed by atoms with Crippen molar-refractivity contribution in [2.24, 2.45) is 5.10 Å². The quantitative estimate of drug-likeness (QED) is 0.160. The van der Waals surface area contributed by atoms with Gasteiger partial charge in [-0.05, 0) is 19.1 Å². The third-order valence-corrected chi connectivity index (χ3v) is 3.78. The average molecular weight is 394 g/mol. The number of halogens is 5. The first kappa shape index (κ1) is 19.3. The van der Waals surface area contributed by atoms with Crippen molar-refractivity contribution in [3.63, 3.8) is 0 Å². The SMILES string of the molecule is CC(=O)c1ccc(-c2ccc(/C=N/Nc3c(F)c(F)c(F)c(F)c3F)o2)cc1. The van der Waals surface area contributed by atoms with Gasteiger partial charge in [0, 0.05) is 11.1 Å². The summed E-state index contributed by atoms with van der Waals surface area (Å²) in [5.74, 6) is -9.97. The largest absolute Gasteiger partial charge is 0.455 e. The number of ketones is 1. The molecule has 0 atom stereocenters. The Morgan fingerprint density at radius 2 is 1.46 bits per heavy atom. The molecule has 9 heteroatoms. The topological polar surface area (TPSA) is 54.6 Å². The molecular weight excluding hydrogens is 383 g/mol. The summed E-state index contributed by atoms with van der Waals surface area (Å²) in [6.07, 6.45) is 1.01. The molecule has 0 amide bonds. The van der Waals surface area contributed by atoms with E-state index in [-0.39, 0.29) is 11.5 Å². The van der Waals surface area contributed by atoms with E-state index in [4.69, 9.17) is 4.42 Å². The zero-order valence-electron chi connectivity index (χ0n) is 14.2. The minimum Gasteiger partial charge on any atom is -0.455 e. The van der Waals surface area contributed by atoms with E-state index in [9.17, 15) is 26.7 Å². The standard InChI is InChI=1S/C19H11F5N2O2/c1-9(27)10-2-4-11(5-3-10)13-7-6-12(28-13)8-25-26-19-17(23)15(21)14(20)16(22)18(19)24/h2-8,26H,1H3/b25-8+. The highest BCUT2D eigenvalue weighted by Crippen LogP contribution is 2.27. The zero-order chi connectivity index (χ0) is 20.4. The molecule has 0 aliphatic rings. The molecule has 3 aromatic rings. The van der Waals surface area contributed by atoms with Crippen LogP contribution in [0.5, 0.6) is 0 Å². The van der Waals surface area contributed by atoms with Crippen molar-refractivity contribution >= 4 is 17.7 Å². The highest BCUT2D eigenvalue weighted by atomic mass is 19.2. The molecule has 3 rings (SSSR count). The molecule has 4 nitrogen and oxygen atoms in total. The first-order chi connectivity index (χ1) is 13.3. The number of benzene rings is 2. The predicted molar refractivity (Wildman–Crippen MR) is 91.6 cm³/mol. The second-order valence-electron chi connectivity index (χ2n) is 5.65. The number of hydrogen-bond acceptors (Lipinski definition) is 4. The summed E-state index contributed by atoms with van der Waals surface area (Å²) in [5.41, 5.74) is 1.70. The van der Waals surface area contributed by atoms with Crippen LogP contribution >= 0.6 is 0 Å². The summed E-state index contributed by atoms with van der Waals surface area (Å²) in [4.78, 5) is 11.3. The van der Waals surface area contributed by atoms with Crippen LogP contribution in [0, 0.1) is 29.1 Å². The number of nitrogens with zero attached hydrogens (tertiary/aromatic N) is 1. The minimum absolute atomic E-state index is 0.0852. The van der Waals surface area contributed by atoms with E-state index < -0.39 is 34.8 Å². The number of anilines is 1. The summed E-state index contributed by atoms with van der Waals surface area (Å²) < 4.78 is 71.8. The maximum atomic E-state index is 13.5. The molecule has 0 saturated carbocycles. The molecule has 0 bridgehead atoms. The molecule has 0 fully saturated rings. The van der Waals surface area contributed by atoms with E-state index in [1.807, 2.05) is 0 Å². The Bertz CT molecular complexity index is 1050. The fraction of sp³-hybridized carbons (Fsp3) is 0.0526. The van der Waals surface area contributed by atoms with Crippen LogP contribution in [0.15, 0.2) is 45.9 Å². The van der Waals surface area contributed by atoms with Crippen molar-refractivity contribution in [3.8, 4) is 11.3 Å². The van der Waals surface area contributed by atoms with Crippen molar-refractivity contribution in [3.05, 3.63) is 76.8 Å². The lowest BCUT2D eigenvalue weighted by Gasteiger charge is -2.06. The van der Waals surface area contributed by atoms with Crippen LogP contribution in [-0.2, 0) is 0 Å². The van der Waals surface area contributed by atoms with Crippen molar-refractivity contribution in [1.82, 2.24) is 0 Å². The monoisotopic (exact) mass is 394 g/mol. The summed E-state index contributed by atoms with van der Waals surface area (Å²) in [6, 6.07) is 9.66. The van der Waals surface area contributed by atoms with Crippen molar-refractivity contribution < 1.29 is 31.2 Å². The third kappa shape index (κ3) is 3.64. The van der Waals surface area contributed by atoms with E-state index in [0.717, 1.165) is 6.21 Å². The fourth-order valence-corrected chi connectivity index (χ4v) is 2.31. The van der Waals surface area contributed by atoms with E-state index >= 15 is 0 Å². The number of furan rings is 1. The number of Topliss-reactive ketones (excluding diaryl/α,β-unsaturated/α-hetero) is 1. The molecule has 1 heterocycles. The maximum absolute atomic E-state index is 13.5. The number of hydrogen-bond donors (Lipinski definition) is 1. The summed E-state index contributed by atoms with van der Waals surface area (Å²) >= 11 is 0. The van der Waals surface area contributed by atoms with Gasteiger partial charge in [0.2, 0.25) is 5.82 Å². The van der Waals surface area contributed by atoms with Crippen LogP contribution < -0.4 is 5.43 Å². The lowest BCUT2D eigenvalue weighted by atomic mass is 10.1. The molecule has 28 heavy (non-hydrogen) atoms.